The second kappa shape index (κ2) is 8.08. The monoisotopic (exact) mass is 337 g/mol. The fourth-order valence-electron chi connectivity index (χ4n) is 3.10. The highest BCUT2D eigenvalue weighted by Crippen LogP contribution is 2.29. The number of nitrogens with zero attached hydrogens (tertiary/aromatic N) is 1. The lowest BCUT2D eigenvalue weighted by Gasteiger charge is -2.29. The van der Waals surface area contributed by atoms with E-state index in [4.69, 9.17) is 4.74 Å². The minimum Gasteiger partial charge on any atom is -0.375 e. The second-order valence-corrected chi connectivity index (χ2v) is 6.20. The highest BCUT2D eigenvalue weighted by Gasteiger charge is 2.24. The van der Waals surface area contributed by atoms with Gasteiger partial charge in [0.2, 0.25) is 5.91 Å². The van der Waals surface area contributed by atoms with E-state index < -0.39 is 0 Å². The summed E-state index contributed by atoms with van der Waals surface area (Å²) in [6, 6.07) is 15.6. The molecule has 0 saturated heterocycles. The van der Waals surface area contributed by atoms with Gasteiger partial charge in [-0.25, -0.2) is 0 Å². The van der Waals surface area contributed by atoms with Crippen LogP contribution >= 0.6 is 0 Å². The molecule has 0 unspecified atom stereocenters. The van der Waals surface area contributed by atoms with Gasteiger partial charge < -0.3 is 9.64 Å². The largest absolute Gasteiger partial charge is 0.375 e. The highest BCUT2D eigenvalue weighted by molar-refractivity contribution is 5.99. The predicted molar refractivity (Wildman–Crippen MR) is 97.8 cm³/mol. The summed E-state index contributed by atoms with van der Waals surface area (Å²) >= 11 is 0. The van der Waals surface area contributed by atoms with Crippen LogP contribution in [0.2, 0.25) is 0 Å². The Morgan fingerprint density at radius 3 is 2.68 bits per heavy atom. The molecule has 0 saturated carbocycles. The summed E-state index contributed by atoms with van der Waals surface area (Å²) in [4.78, 5) is 26.0. The molecule has 25 heavy (non-hydrogen) atoms. The van der Waals surface area contributed by atoms with E-state index in [0.29, 0.717) is 39.0 Å². The van der Waals surface area contributed by atoms with Crippen molar-refractivity contribution in [1.29, 1.82) is 0 Å². The van der Waals surface area contributed by atoms with Crippen LogP contribution in [0.25, 0.3) is 0 Å². The molecule has 2 aromatic rings. The lowest BCUT2D eigenvalue weighted by atomic mass is 9.97. The third-order valence-electron chi connectivity index (χ3n) is 4.49. The topological polar surface area (TPSA) is 46.6 Å². The summed E-state index contributed by atoms with van der Waals surface area (Å²) in [6.07, 6.45) is 1.67. The van der Waals surface area contributed by atoms with Gasteiger partial charge >= 0.3 is 0 Å². The molecule has 0 fully saturated rings. The molecule has 1 aliphatic rings. The number of aryl methyl sites for hydroxylation is 1. The van der Waals surface area contributed by atoms with Gasteiger partial charge in [0.1, 0.15) is 0 Å². The van der Waals surface area contributed by atoms with Crippen molar-refractivity contribution < 1.29 is 14.3 Å². The van der Waals surface area contributed by atoms with Crippen molar-refractivity contribution in [1.82, 2.24) is 0 Å². The number of hydrogen-bond donors (Lipinski definition) is 0. The molecule has 0 spiro atoms. The number of rotatable bonds is 7. The first-order chi connectivity index (χ1) is 12.2. The van der Waals surface area contributed by atoms with Crippen LogP contribution in [-0.4, -0.2) is 24.8 Å². The van der Waals surface area contributed by atoms with E-state index in [1.807, 2.05) is 55.5 Å². The van der Waals surface area contributed by atoms with E-state index in [-0.39, 0.29) is 11.7 Å². The molecule has 4 heteroatoms. The van der Waals surface area contributed by atoms with Gasteiger partial charge in [-0.05, 0) is 35.7 Å². The third-order valence-corrected chi connectivity index (χ3v) is 4.49. The standard InChI is InChI=1S/C21H23NO3/c1-2-20(23)18-8-10-19-17(14-18)9-11-21(24)22(19)12-13-25-15-16-6-4-3-5-7-16/h3-8,10,14H,2,9,11-13,15H2,1H3. The van der Waals surface area contributed by atoms with Crippen LogP contribution in [0.15, 0.2) is 48.5 Å². The number of fused-ring (bicyclic) bond motifs is 1. The Bertz CT molecular complexity index is 755. The lowest BCUT2D eigenvalue weighted by molar-refractivity contribution is -0.119. The van der Waals surface area contributed by atoms with Gasteiger partial charge in [0.15, 0.2) is 5.78 Å². The number of ketones is 1. The number of hydrogen-bond acceptors (Lipinski definition) is 3. The van der Waals surface area contributed by atoms with Crippen molar-refractivity contribution in [2.24, 2.45) is 0 Å². The van der Waals surface area contributed by atoms with Crippen LogP contribution in [0, 0.1) is 0 Å². The van der Waals surface area contributed by atoms with Crippen LogP contribution in [0.4, 0.5) is 5.69 Å². The Morgan fingerprint density at radius 2 is 1.92 bits per heavy atom. The number of anilines is 1. The maximum Gasteiger partial charge on any atom is 0.227 e. The average molecular weight is 337 g/mol. The summed E-state index contributed by atoms with van der Waals surface area (Å²) < 4.78 is 5.72. The zero-order chi connectivity index (χ0) is 17.6. The molecule has 4 nitrogen and oxygen atoms in total. The van der Waals surface area contributed by atoms with Gasteiger partial charge in [0.05, 0.1) is 13.2 Å². The summed E-state index contributed by atoms with van der Waals surface area (Å²) in [6.45, 7) is 3.41. The lowest BCUT2D eigenvalue weighted by Crippen LogP contribution is -2.37. The number of Topliss-reactive ketones (excluding diaryl/α,β-unsaturated/α-hetero) is 1. The van der Waals surface area contributed by atoms with Crippen molar-refractivity contribution in [3.8, 4) is 0 Å². The summed E-state index contributed by atoms with van der Waals surface area (Å²) in [5.74, 6) is 0.253. The number of carbonyl (C=O) groups excluding carboxylic acids is 2. The van der Waals surface area contributed by atoms with E-state index in [2.05, 4.69) is 0 Å². The Morgan fingerprint density at radius 1 is 1.12 bits per heavy atom. The minimum atomic E-state index is 0.116. The van der Waals surface area contributed by atoms with E-state index in [1.165, 1.54) is 0 Å². The number of benzene rings is 2. The van der Waals surface area contributed by atoms with Crippen LogP contribution in [-0.2, 0) is 22.6 Å². The van der Waals surface area contributed by atoms with E-state index in [9.17, 15) is 9.59 Å². The van der Waals surface area contributed by atoms with Crippen LogP contribution < -0.4 is 4.90 Å². The van der Waals surface area contributed by atoms with Crippen molar-refractivity contribution in [3.05, 3.63) is 65.2 Å². The summed E-state index contributed by atoms with van der Waals surface area (Å²) in [5.41, 5.74) is 3.83. The molecule has 1 aliphatic heterocycles. The quantitative estimate of drug-likeness (QED) is 0.571. The number of ether oxygens (including phenoxy) is 1. The van der Waals surface area contributed by atoms with E-state index >= 15 is 0 Å². The zero-order valence-corrected chi connectivity index (χ0v) is 14.5. The van der Waals surface area contributed by atoms with Crippen LogP contribution in [0.1, 0.15) is 41.3 Å². The molecule has 130 valence electrons. The van der Waals surface area contributed by atoms with Crippen molar-refractivity contribution in [2.45, 2.75) is 32.8 Å². The Hall–Kier alpha value is -2.46. The Labute approximate surface area is 148 Å². The van der Waals surface area contributed by atoms with Crippen molar-refractivity contribution in [2.75, 3.05) is 18.1 Å². The fourth-order valence-corrected chi connectivity index (χ4v) is 3.10. The predicted octanol–water partition coefficient (Wildman–Crippen LogP) is 3.78. The first kappa shape index (κ1) is 17.4. The number of carbonyl (C=O) groups is 2. The molecule has 0 aromatic heterocycles. The molecule has 3 rings (SSSR count). The molecule has 1 heterocycles. The molecule has 0 N–H and O–H groups in total. The number of amides is 1. The van der Waals surface area contributed by atoms with Gasteiger partial charge in [-0.2, -0.15) is 0 Å². The zero-order valence-electron chi connectivity index (χ0n) is 14.5. The molecular weight excluding hydrogens is 314 g/mol. The molecule has 2 aromatic carbocycles. The van der Waals surface area contributed by atoms with Crippen LogP contribution in [0.5, 0.6) is 0 Å². The van der Waals surface area contributed by atoms with E-state index in [0.717, 1.165) is 22.4 Å². The maximum absolute atomic E-state index is 12.3. The van der Waals surface area contributed by atoms with Crippen molar-refractivity contribution in [3.63, 3.8) is 0 Å². The van der Waals surface area contributed by atoms with Crippen LogP contribution in [0.3, 0.4) is 0 Å². The Kier molecular flexibility index (Phi) is 5.61. The van der Waals surface area contributed by atoms with Gasteiger partial charge in [-0.15, -0.1) is 0 Å². The molecule has 1 amide bonds. The third kappa shape index (κ3) is 4.15. The molecule has 0 radical (unpaired) electrons. The maximum atomic E-state index is 12.3. The Balaban J connectivity index is 1.64. The first-order valence-corrected chi connectivity index (χ1v) is 8.77. The smallest absolute Gasteiger partial charge is 0.227 e. The van der Waals surface area contributed by atoms with Crippen molar-refractivity contribution >= 4 is 17.4 Å². The van der Waals surface area contributed by atoms with Gasteiger partial charge in [-0.3, -0.25) is 9.59 Å². The van der Waals surface area contributed by atoms with Gasteiger partial charge in [-0.1, -0.05) is 37.3 Å². The molecule has 0 aliphatic carbocycles. The average Bonchev–Trinajstić information content (AvgIpc) is 2.66. The molecular formula is C21H23NO3. The second-order valence-electron chi connectivity index (χ2n) is 6.20. The SMILES string of the molecule is CCC(=O)c1ccc2c(c1)CCC(=O)N2CCOCc1ccccc1. The van der Waals surface area contributed by atoms with E-state index in [1.54, 1.807) is 4.90 Å². The first-order valence-electron chi connectivity index (χ1n) is 8.77. The normalized spacial score (nSPS) is 13.6. The summed E-state index contributed by atoms with van der Waals surface area (Å²) in [7, 11) is 0. The highest BCUT2D eigenvalue weighted by atomic mass is 16.5. The van der Waals surface area contributed by atoms with Gasteiger partial charge in [0, 0.05) is 30.6 Å². The van der Waals surface area contributed by atoms with Gasteiger partial charge in [0.25, 0.3) is 0 Å². The fraction of sp³-hybridized carbons (Fsp3) is 0.333. The molecule has 0 bridgehead atoms. The molecule has 0 atom stereocenters. The summed E-state index contributed by atoms with van der Waals surface area (Å²) in [5, 5.41) is 0. The minimum absolute atomic E-state index is 0.116.